The highest BCUT2D eigenvalue weighted by Gasteiger charge is 2.24. The summed E-state index contributed by atoms with van der Waals surface area (Å²) in [4.78, 5) is 17.7. The maximum Gasteiger partial charge on any atom is 0.273 e. The molecule has 2 aromatic heterocycles. The van der Waals surface area contributed by atoms with Crippen molar-refractivity contribution in [2.45, 2.75) is 31.9 Å². The minimum Gasteiger partial charge on any atom is -0.446 e. The Morgan fingerprint density at radius 1 is 1.65 bits per heavy atom. The summed E-state index contributed by atoms with van der Waals surface area (Å²) in [5, 5.41) is 5.12. The van der Waals surface area contributed by atoms with Crippen molar-refractivity contribution in [3.8, 4) is 0 Å². The van der Waals surface area contributed by atoms with Gasteiger partial charge in [-0.3, -0.25) is 4.79 Å². The molecule has 0 radical (unpaired) electrons. The number of hydrogen-bond donors (Lipinski definition) is 1. The van der Waals surface area contributed by atoms with Crippen LogP contribution in [-0.4, -0.2) is 18.0 Å². The van der Waals surface area contributed by atoms with E-state index in [4.69, 9.17) is 9.15 Å². The van der Waals surface area contributed by atoms with Gasteiger partial charge in [-0.25, -0.2) is 4.98 Å². The number of hydrogen-bond acceptors (Lipinski definition) is 5. The third kappa shape index (κ3) is 2.62. The van der Waals surface area contributed by atoms with E-state index in [1.807, 2.05) is 0 Å². The lowest BCUT2D eigenvalue weighted by atomic mass is 9.94. The molecule has 6 heteroatoms. The average Bonchev–Trinajstić information content (AvgIpc) is 3.08. The van der Waals surface area contributed by atoms with E-state index in [0.717, 1.165) is 19.3 Å². The summed E-state index contributed by atoms with van der Waals surface area (Å²) in [6, 6.07) is 2.18. The van der Waals surface area contributed by atoms with Crippen LogP contribution < -0.4 is 5.32 Å². The van der Waals surface area contributed by atoms with Crippen molar-refractivity contribution in [2.75, 3.05) is 7.11 Å². The number of fused-ring (bicyclic) bond motifs is 1. The van der Waals surface area contributed by atoms with E-state index < -0.39 is 0 Å². The number of rotatable bonds is 4. The summed E-state index contributed by atoms with van der Waals surface area (Å²) in [6.45, 7) is 0.269. The first-order chi connectivity index (χ1) is 9.78. The number of methoxy groups -OCH3 is 1. The third-order valence-corrected chi connectivity index (χ3v) is 4.41. The van der Waals surface area contributed by atoms with Crippen LogP contribution in [0.3, 0.4) is 0 Å². The van der Waals surface area contributed by atoms with Crippen molar-refractivity contribution in [3.05, 3.63) is 39.7 Å². The van der Waals surface area contributed by atoms with Crippen LogP contribution in [0.4, 0.5) is 0 Å². The van der Waals surface area contributed by atoms with Crippen molar-refractivity contribution in [2.24, 2.45) is 0 Å². The standard InChI is InChI=1S/C14H16N2O3S/c1-18-8-13-15-11(7-19-13)14(17)16-10-3-2-4-12-9(10)5-6-20-12/h5-7,10H,2-4,8H2,1H3,(H,16,17). The fourth-order valence-electron chi connectivity index (χ4n) is 2.47. The molecule has 5 nitrogen and oxygen atoms in total. The summed E-state index contributed by atoms with van der Waals surface area (Å²) in [5.74, 6) is 0.220. The van der Waals surface area contributed by atoms with E-state index in [-0.39, 0.29) is 18.6 Å². The predicted octanol–water partition coefficient (Wildman–Crippen LogP) is 2.69. The molecule has 0 bridgehead atoms. The molecule has 0 fully saturated rings. The minimum absolute atomic E-state index is 0.0834. The topological polar surface area (TPSA) is 64.4 Å². The van der Waals surface area contributed by atoms with E-state index in [0.29, 0.717) is 11.6 Å². The zero-order valence-corrected chi connectivity index (χ0v) is 12.0. The van der Waals surface area contributed by atoms with Gasteiger partial charge in [0.2, 0.25) is 5.89 Å². The summed E-state index contributed by atoms with van der Waals surface area (Å²) in [5.41, 5.74) is 1.55. The molecular formula is C14H16N2O3S. The highest BCUT2D eigenvalue weighted by molar-refractivity contribution is 7.10. The van der Waals surface area contributed by atoms with Crippen LogP contribution in [0.5, 0.6) is 0 Å². The molecular weight excluding hydrogens is 276 g/mol. The quantitative estimate of drug-likeness (QED) is 0.941. The van der Waals surface area contributed by atoms with Gasteiger partial charge in [0, 0.05) is 12.0 Å². The van der Waals surface area contributed by atoms with Crippen LogP contribution in [0.15, 0.2) is 22.1 Å². The lowest BCUT2D eigenvalue weighted by Gasteiger charge is -2.23. The number of nitrogens with zero attached hydrogens (tertiary/aromatic N) is 1. The maximum atomic E-state index is 12.2. The Morgan fingerprint density at radius 2 is 2.55 bits per heavy atom. The molecule has 106 valence electrons. The van der Waals surface area contributed by atoms with Crippen LogP contribution in [0, 0.1) is 0 Å². The molecule has 0 aromatic carbocycles. The first-order valence-corrected chi connectivity index (χ1v) is 7.46. The molecule has 2 heterocycles. The molecule has 1 N–H and O–H groups in total. The number of ether oxygens (including phenoxy) is 1. The number of carbonyl (C=O) groups excluding carboxylic acids is 1. The number of oxazole rings is 1. The molecule has 1 atom stereocenters. The molecule has 1 unspecified atom stereocenters. The Bertz CT molecular complexity index is 605. The molecule has 0 saturated heterocycles. The fraction of sp³-hybridized carbons (Fsp3) is 0.429. The predicted molar refractivity (Wildman–Crippen MR) is 74.7 cm³/mol. The van der Waals surface area contributed by atoms with E-state index in [1.165, 1.54) is 16.7 Å². The van der Waals surface area contributed by atoms with Crippen LogP contribution in [0.1, 0.15) is 45.7 Å². The maximum absolute atomic E-state index is 12.2. The Kier molecular flexibility index (Phi) is 3.84. The van der Waals surface area contributed by atoms with Crippen molar-refractivity contribution >= 4 is 17.2 Å². The highest BCUT2D eigenvalue weighted by atomic mass is 32.1. The van der Waals surface area contributed by atoms with E-state index in [9.17, 15) is 4.79 Å². The van der Waals surface area contributed by atoms with Gasteiger partial charge in [0.25, 0.3) is 5.91 Å². The van der Waals surface area contributed by atoms with Gasteiger partial charge in [-0.15, -0.1) is 11.3 Å². The lowest BCUT2D eigenvalue weighted by Crippen LogP contribution is -2.30. The van der Waals surface area contributed by atoms with E-state index in [2.05, 4.69) is 21.7 Å². The molecule has 1 amide bonds. The van der Waals surface area contributed by atoms with Crippen molar-refractivity contribution in [3.63, 3.8) is 0 Å². The lowest BCUT2D eigenvalue weighted by molar-refractivity contribution is 0.0927. The fourth-order valence-corrected chi connectivity index (χ4v) is 3.46. The number of aromatic nitrogens is 1. The highest BCUT2D eigenvalue weighted by Crippen LogP contribution is 2.33. The van der Waals surface area contributed by atoms with Crippen LogP contribution in [0.25, 0.3) is 0 Å². The number of amides is 1. The largest absolute Gasteiger partial charge is 0.446 e. The second-order valence-corrected chi connectivity index (χ2v) is 5.78. The van der Waals surface area contributed by atoms with Crippen LogP contribution in [-0.2, 0) is 17.8 Å². The Hall–Kier alpha value is -1.66. The third-order valence-electron chi connectivity index (χ3n) is 3.41. The van der Waals surface area contributed by atoms with Gasteiger partial charge in [0.05, 0.1) is 6.04 Å². The van der Waals surface area contributed by atoms with Gasteiger partial charge < -0.3 is 14.5 Å². The Morgan fingerprint density at radius 3 is 3.40 bits per heavy atom. The summed E-state index contributed by atoms with van der Waals surface area (Å²) < 4.78 is 10.1. The smallest absolute Gasteiger partial charge is 0.273 e. The van der Waals surface area contributed by atoms with Gasteiger partial charge >= 0.3 is 0 Å². The van der Waals surface area contributed by atoms with Crippen LogP contribution >= 0.6 is 11.3 Å². The van der Waals surface area contributed by atoms with Gasteiger partial charge in [-0.05, 0) is 36.3 Å². The zero-order valence-electron chi connectivity index (χ0n) is 11.2. The SMILES string of the molecule is COCc1nc(C(=O)NC2CCCc3sccc32)co1. The summed E-state index contributed by atoms with van der Waals surface area (Å²) in [7, 11) is 1.56. The Balaban J connectivity index is 1.70. The summed E-state index contributed by atoms with van der Waals surface area (Å²) in [6.07, 6.45) is 4.56. The second-order valence-electron chi connectivity index (χ2n) is 4.78. The monoisotopic (exact) mass is 292 g/mol. The Labute approximate surface area is 121 Å². The van der Waals surface area contributed by atoms with Gasteiger partial charge in [0.15, 0.2) is 5.69 Å². The van der Waals surface area contributed by atoms with Gasteiger partial charge in [-0.1, -0.05) is 0 Å². The molecule has 2 aromatic rings. The van der Waals surface area contributed by atoms with E-state index >= 15 is 0 Å². The van der Waals surface area contributed by atoms with Crippen LogP contribution in [0.2, 0.25) is 0 Å². The number of carbonyl (C=O) groups is 1. The first-order valence-electron chi connectivity index (χ1n) is 6.58. The van der Waals surface area contributed by atoms with Crippen molar-refractivity contribution in [1.29, 1.82) is 0 Å². The number of nitrogens with one attached hydrogen (secondary N) is 1. The normalized spacial score (nSPS) is 17.8. The van der Waals surface area contributed by atoms with Gasteiger partial charge in [0.1, 0.15) is 12.9 Å². The molecule has 3 rings (SSSR count). The average molecular weight is 292 g/mol. The van der Waals surface area contributed by atoms with E-state index in [1.54, 1.807) is 18.4 Å². The number of aryl methyl sites for hydroxylation is 1. The molecule has 0 aliphatic heterocycles. The van der Waals surface area contributed by atoms with Crippen molar-refractivity contribution < 1.29 is 13.9 Å². The van der Waals surface area contributed by atoms with Gasteiger partial charge in [-0.2, -0.15) is 0 Å². The molecule has 20 heavy (non-hydrogen) atoms. The second kappa shape index (κ2) is 5.76. The molecule has 1 aliphatic rings. The molecule has 1 aliphatic carbocycles. The molecule has 0 saturated carbocycles. The van der Waals surface area contributed by atoms with Crippen molar-refractivity contribution in [1.82, 2.24) is 10.3 Å². The molecule has 0 spiro atoms. The minimum atomic E-state index is -0.194. The zero-order chi connectivity index (χ0) is 13.9. The summed E-state index contributed by atoms with van der Waals surface area (Å²) >= 11 is 1.76. The first kappa shape index (κ1) is 13.3. The number of thiophene rings is 1.